The van der Waals surface area contributed by atoms with Gasteiger partial charge in [0, 0.05) is 6.54 Å². The van der Waals surface area contributed by atoms with E-state index in [-0.39, 0.29) is 0 Å². The van der Waals surface area contributed by atoms with E-state index in [0.717, 1.165) is 24.6 Å². The molecular formula is C10H17N3O. The lowest BCUT2D eigenvalue weighted by Crippen LogP contribution is -2.29. The molecule has 1 fully saturated rings. The van der Waals surface area contributed by atoms with Crippen molar-refractivity contribution in [3.63, 3.8) is 0 Å². The highest BCUT2D eigenvalue weighted by atomic mass is 16.3. The molecule has 0 bridgehead atoms. The van der Waals surface area contributed by atoms with Gasteiger partial charge in [-0.05, 0) is 26.4 Å². The summed E-state index contributed by atoms with van der Waals surface area (Å²) in [6.07, 6.45) is 5.34. The fraction of sp³-hybridized carbons (Fsp3) is 0.700. The van der Waals surface area contributed by atoms with E-state index in [9.17, 15) is 0 Å². The highest BCUT2D eigenvalue weighted by Gasteiger charge is 2.24. The Bertz CT molecular complexity index is 297. The molecule has 0 saturated carbocycles. The van der Waals surface area contributed by atoms with E-state index in [1.807, 2.05) is 0 Å². The van der Waals surface area contributed by atoms with Gasteiger partial charge in [0.05, 0.1) is 11.7 Å². The Labute approximate surface area is 84.1 Å². The van der Waals surface area contributed by atoms with Gasteiger partial charge < -0.3 is 10.2 Å². The first-order chi connectivity index (χ1) is 6.81. The van der Waals surface area contributed by atoms with Gasteiger partial charge in [-0.3, -0.25) is 4.90 Å². The third kappa shape index (κ3) is 1.81. The standard InChI is InChI=1S/C10H17N3O/c1-13-5-3-2-4-9(13)10-12-8(6-11)7-14-10/h7,9H,2-6,11H2,1H3. The van der Waals surface area contributed by atoms with Gasteiger partial charge >= 0.3 is 0 Å². The number of piperidine rings is 1. The minimum Gasteiger partial charge on any atom is -0.447 e. The number of likely N-dealkylation sites (tertiary alicyclic amines) is 1. The maximum absolute atomic E-state index is 5.49. The second kappa shape index (κ2) is 4.11. The van der Waals surface area contributed by atoms with Gasteiger partial charge in [0.1, 0.15) is 6.26 Å². The highest BCUT2D eigenvalue weighted by molar-refractivity contribution is 5.00. The van der Waals surface area contributed by atoms with Gasteiger partial charge in [0.25, 0.3) is 0 Å². The summed E-state index contributed by atoms with van der Waals surface area (Å²) in [5.41, 5.74) is 6.34. The van der Waals surface area contributed by atoms with Gasteiger partial charge in [0.15, 0.2) is 0 Å². The van der Waals surface area contributed by atoms with Gasteiger partial charge in [-0.15, -0.1) is 0 Å². The van der Waals surface area contributed by atoms with Crippen LogP contribution >= 0.6 is 0 Å². The molecule has 1 aromatic rings. The van der Waals surface area contributed by atoms with Crippen molar-refractivity contribution < 1.29 is 4.42 Å². The SMILES string of the molecule is CN1CCCCC1c1nc(CN)co1. The zero-order valence-electron chi connectivity index (χ0n) is 8.57. The van der Waals surface area contributed by atoms with E-state index in [0.29, 0.717) is 12.6 Å². The van der Waals surface area contributed by atoms with Crippen molar-refractivity contribution in [1.29, 1.82) is 0 Å². The fourth-order valence-corrected chi connectivity index (χ4v) is 1.96. The van der Waals surface area contributed by atoms with Crippen LogP contribution in [0.5, 0.6) is 0 Å². The molecule has 4 heteroatoms. The van der Waals surface area contributed by atoms with Crippen LogP contribution in [0.25, 0.3) is 0 Å². The largest absolute Gasteiger partial charge is 0.447 e. The fourth-order valence-electron chi connectivity index (χ4n) is 1.96. The average Bonchev–Trinajstić information content (AvgIpc) is 2.67. The second-order valence-electron chi connectivity index (χ2n) is 3.87. The van der Waals surface area contributed by atoms with Crippen LogP contribution < -0.4 is 5.73 Å². The van der Waals surface area contributed by atoms with Crippen LogP contribution in [0, 0.1) is 0 Å². The van der Waals surface area contributed by atoms with Crippen molar-refractivity contribution in [2.75, 3.05) is 13.6 Å². The quantitative estimate of drug-likeness (QED) is 0.772. The number of rotatable bonds is 2. The second-order valence-corrected chi connectivity index (χ2v) is 3.87. The van der Waals surface area contributed by atoms with Crippen molar-refractivity contribution in [3.8, 4) is 0 Å². The number of aromatic nitrogens is 1. The minimum absolute atomic E-state index is 0.351. The molecule has 0 aliphatic carbocycles. The molecule has 14 heavy (non-hydrogen) atoms. The van der Waals surface area contributed by atoms with Crippen LogP contribution in [0.2, 0.25) is 0 Å². The predicted octanol–water partition coefficient (Wildman–Crippen LogP) is 1.29. The molecule has 1 aliphatic rings. The summed E-state index contributed by atoms with van der Waals surface area (Å²) in [5, 5.41) is 0. The Kier molecular flexibility index (Phi) is 2.84. The molecular weight excluding hydrogens is 178 g/mol. The predicted molar refractivity (Wildman–Crippen MR) is 53.6 cm³/mol. The third-order valence-electron chi connectivity index (χ3n) is 2.83. The number of oxazole rings is 1. The van der Waals surface area contributed by atoms with E-state index in [1.165, 1.54) is 12.8 Å². The Morgan fingerprint density at radius 1 is 1.64 bits per heavy atom. The lowest BCUT2D eigenvalue weighted by molar-refractivity contribution is 0.159. The summed E-state index contributed by atoms with van der Waals surface area (Å²) >= 11 is 0. The summed E-state index contributed by atoms with van der Waals surface area (Å²) in [4.78, 5) is 6.67. The van der Waals surface area contributed by atoms with Crippen molar-refractivity contribution in [1.82, 2.24) is 9.88 Å². The molecule has 78 valence electrons. The molecule has 1 unspecified atom stereocenters. The molecule has 4 nitrogen and oxygen atoms in total. The zero-order valence-corrected chi connectivity index (χ0v) is 8.57. The Balaban J connectivity index is 2.12. The molecule has 2 N–H and O–H groups in total. The smallest absolute Gasteiger partial charge is 0.211 e. The summed E-state index contributed by atoms with van der Waals surface area (Å²) in [5.74, 6) is 0.827. The van der Waals surface area contributed by atoms with E-state index in [1.54, 1.807) is 6.26 Å². The van der Waals surface area contributed by atoms with Gasteiger partial charge in [-0.1, -0.05) is 6.42 Å². The van der Waals surface area contributed by atoms with Crippen LogP contribution in [0.3, 0.4) is 0 Å². The van der Waals surface area contributed by atoms with Gasteiger partial charge in [-0.25, -0.2) is 4.98 Å². The summed E-state index contributed by atoms with van der Waals surface area (Å²) in [6.45, 7) is 1.59. The third-order valence-corrected chi connectivity index (χ3v) is 2.83. The van der Waals surface area contributed by atoms with E-state index in [2.05, 4.69) is 16.9 Å². The molecule has 0 radical (unpaired) electrons. The van der Waals surface area contributed by atoms with Crippen LogP contribution in [0.1, 0.15) is 36.9 Å². The van der Waals surface area contributed by atoms with E-state index < -0.39 is 0 Å². The Hall–Kier alpha value is -0.870. The normalized spacial score (nSPS) is 24.0. The van der Waals surface area contributed by atoms with Crippen LogP contribution in [0.4, 0.5) is 0 Å². The van der Waals surface area contributed by atoms with Crippen molar-refractivity contribution in [2.24, 2.45) is 5.73 Å². The molecule has 0 aromatic carbocycles. The molecule has 2 heterocycles. The Morgan fingerprint density at radius 2 is 2.50 bits per heavy atom. The summed E-state index contributed by atoms with van der Waals surface area (Å²) in [6, 6.07) is 0.351. The average molecular weight is 195 g/mol. The minimum atomic E-state index is 0.351. The maximum atomic E-state index is 5.49. The first-order valence-electron chi connectivity index (χ1n) is 5.16. The Morgan fingerprint density at radius 3 is 3.14 bits per heavy atom. The van der Waals surface area contributed by atoms with E-state index >= 15 is 0 Å². The molecule has 2 rings (SSSR count). The zero-order chi connectivity index (χ0) is 9.97. The molecule has 0 spiro atoms. The first-order valence-corrected chi connectivity index (χ1v) is 5.16. The lowest BCUT2D eigenvalue weighted by atomic mass is 10.0. The highest BCUT2D eigenvalue weighted by Crippen LogP contribution is 2.28. The maximum Gasteiger partial charge on any atom is 0.211 e. The van der Waals surface area contributed by atoms with Crippen molar-refractivity contribution >= 4 is 0 Å². The van der Waals surface area contributed by atoms with Gasteiger partial charge in [-0.2, -0.15) is 0 Å². The molecule has 1 saturated heterocycles. The lowest BCUT2D eigenvalue weighted by Gasteiger charge is -2.29. The van der Waals surface area contributed by atoms with Crippen molar-refractivity contribution in [3.05, 3.63) is 17.8 Å². The van der Waals surface area contributed by atoms with E-state index in [4.69, 9.17) is 10.2 Å². The molecule has 0 amide bonds. The van der Waals surface area contributed by atoms with Crippen LogP contribution in [0.15, 0.2) is 10.7 Å². The summed E-state index contributed by atoms with van der Waals surface area (Å²) in [7, 11) is 2.12. The van der Waals surface area contributed by atoms with Crippen molar-refractivity contribution in [2.45, 2.75) is 31.8 Å². The topological polar surface area (TPSA) is 55.3 Å². The molecule has 1 atom stereocenters. The number of nitrogens with zero attached hydrogens (tertiary/aromatic N) is 2. The number of nitrogens with two attached hydrogens (primary N) is 1. The summed E-state index contributed by atoms with van der Waals surface area (Å²) < 4.78 is 5.43. The van der Waals surface area contributed by atoms with Crippen LogP contribution in [-0.4, -0.2) is 23.5 Å². The molecule has 1 aliphatic heterocycles. The van der Waals surface area contributed by atoms with Gasteiger partial charge in [0.2, 0.25) is 5.89 Å². The monoisotopic (exact) mass is 195 g/mol. The first kappa shape index (κ1) is 9.68. The number of hydrogen-bond donors (Lipinski definition) is 1. The number of hydrogen-bond acceptors (Lipinski definition) is 4. The molecule has 1 aromatic heterocycles. The van der Waals surface area contributed by atoms with Crippen LogP contribution in [-0.2, 0) is 6.54 Å².